The molecule has 2 N–H and O–H groups in total. The molecular weight excluding hydrogens is 204 g/mol. The predicted octanol–water partition coefficient (Wildman–Crippen LogP) is 2.12. The highest BCUT2D eigenvalue weighted by molar-refractivity contribution is 5.69. The molecule has 0 bridgehead atoms. The summed E-state index contributed by atoms with van der Waals surface area (Å²) in [5.74, 6) is 0. The third-order valence-corrected chi connectivity index (χ3v) is 2.74. The molecule has 1 amide bonds. The van der Waals surface area contributed by atoms with Gasteiger partial charge in [0.2, 0.25) is 0 Å². The maximum Gasteiger partial charge on any atom is 0.410 e. The fourth-order valence-electron chi connectivity index (χ4n) is 2.08. The molecule has 0 aromatic rings. The summed E-state index contributed by atoms with van der Waals surface area (Å²) < 4.78 is 5.38. The summed E-state index contributed by atoms with van der Waals surface area (Å²) in [7, 11) is 0. The maximum atomic E-state index is 12.0. The number of hydrogen-bond acceptors (Lipinski definition) is 3. The molecule has 0 aromatic heterocycles. The van der Waals surface area contributed by atoms with Crippen molar-refractivity contribution in [1.29, 1.82) is 0 Å². The molecule has 4 heteroatoms. The van der Waals surface area contributed by atoms with E-state index >= 15 is 0 Å². The Morgan fingerprint density at radius 3 is 2.31 bits per heavy atom. The van der Waals surface area contributed by atoms with Gasteiger partial charge < -0.3 is 15.4 Å². The van der Waals surface area contributed by atoms with Crippen molar-refractivity contribution in [3.05, 3.63) is 0 Å². The second-order valence-corrected chi connectivity index (χ2v) is 6.15. The van der Waals surface area contributed by atoms with Crippen molar-refractivity contribution in [2.75, 3.05) is 6.54 Å². The van der Waals surface area contributed by atoms with Crippen LogP contribution in [0, 0.1) is 0 Å². The summed E-state index contributed by atoms with van der Waals surface area (Å²) >= 11 is 0. The van der Waals surface area contributed by atoms with Crippen LogP contribution in [0.4, 0.5) is 4.79 Å². The lowest BCUT2D eigenvalue weighted by Crippen LogP contribution is -2.54. The molecule has 16 heavy (non-hydrogen) atoms. The first-order chi connectivity index (χ1) is 7.11. The Morgan fingerprint density at radius 2 is 1.88 bits per heavy atom. The molecule has 1 aliphatic heterocycles. The monoisotopic (exact) mass is 228 g/mol. The van der Waals surface area contributed by atoms with Gasteiger partial charge >= 0.3 is 6.09 Å². The summed E-state index contributed by atoms with van der Waals surface area (Å²) in [6, 6.07) is 0.0855. The van der Waals surface area contributed by atoms with Crippen LogP contribution in [-0.4, -0.2) is 34.7 Å². The normalized spacial score (nSPS) is 22.4. The largest absolute Gasteiger partial charge is 0.444 e. The standard InChI is InChI=1S/C12H24N2O2/c1-11(2,3)16-10(15)14-8-6-7-9(14)12(4,5)13/h9H,6-8,13H2,1-5H3/t9-/m0/s1. The van der Waals surface area contributed by atoms with E-state index in [-0.39, 0.29) is 17.7 Å². The topological polar surface area (TPSA) is 55.6 Å². The van der Waals surface area contributed by atoms with E-state index < -0.39 is 5.60 Å². The third kappa shape index (κ3) is 3.37. The van der Waals surface area contributed by atoms with Gasteiger partial charge in [-0.25, -0.2) is 4.79 Å². The molecule has 1 rings (SSSR count). The van der Waals surface area contributed by atoms with Gasteiger partial charge in [0.25, 0.3) is 0 Å². The summed E-state index contributed by atoms with van der Waals surface area (Å²) in [5, 5.41) is 0. The molecule has 1 heterocycles. The molecule has 0 aromatic carbocycles. The number of amides is 1. The molecule has 0 unspecified atom stereocenters. The lowest BCUT2D eigenvalue weighted by molar-refractivity contribution is 0.0172. The minimum absolute atomic E-state index is 0.0855. The summed E-state index contributed by atoms with van der Waals surface area (Å²) in [4.78, 5) is 13.7. The van der Waals surface area contributed by atoms with Crippen molar-refractivity contribution in [2.45, 2.75) is 64.6 Å². The first-order valence-electron chi connectivity index (χ1n) is 5.90. The van der Waals surface area contributed by atoms with Gasteiger partial charge in [0.05, 0.1) is 6.04 Å². The van der Waals surface area contributed by atoms with Crippen LogP contribution in [0.1, 0.15) is 47.5 Å². The maximum absolute atomic E-state index is 12.0. The van der Waals surface area contributed by atoms with E-state index in [1.54, 1.807) is 4.90 Å². The number of ether oxygens (including phenoxy) is 1. The Bertz CT molecular complexity index is 263. The number of carbonyl (C=O) groups is 1. The number of nitrogens with zero attached hydrogens (tertiary/aromatic N) is 1. The van der Waals surface area contributed by atoms with Gasteiger partial charge in [0.15, 0.2) is 0 Å². The van der Waals surface area contributed by atoms with E-state index in [9.17, 15) is 4.79 Å². The van der Waals surface area contributed by atoms with Crippen LogP contribution in [0.2, 0.25) is 0 Å². The minimum atomic E-state index is -0.442. The molecule has 0 saturated carbocycles. The van der Waals surface area contributed by atoms with E-state index in [4.69, 9.17) is 10.5 Å². The highest BCUT2D eigenvalue weighted by Gasteiger charge is 2.39. The summed E-state index contributed by atoms with van der Waals surface area (Å²) in [5.41, 5.74) is 5.27. The van der Waals surface area contributed by atoms with E-state index in [2.05, 4.69) is 0 Å². The van der Waals surface area contributed by atoms with Crippen molar-refractivity contribution in [2.24, 2.45) is 5.73 Å². The quantitative estimate of drug-likeness (QED) is 0.748. The van der Waals surface area contributed by atoms with Crippen molar-refractivity contribution in [3.8, 4) is 0 Å². The van der Waals surface area contributed by atoms with Crippen molar-refractivity contribution < 1.29 is 9.53 Å². The van der Waals surface area contributed by atoms with Crippen molar-refractivity contribution in [1.82, 2.24) is 4.90 Å². The van der Waals surface area contributed by atoms with Crippen molar-refractivity contribution >= 4 is 6.09 Å². The highest BCUT2D eigenvalue weighted by atomic mass is 16.6. The van der Waals surface area contributed by atoms with Crippen LogP contribution in [0.5, 0.6) is 0 Å². The smallest absolute Gasteiger partial charge is 0.410 e. The number of hydrogen-bond donors (Lipinski definition) is 1. The fourth-order valence-corrected chi connectivity index (χ4v) is 2.08. The fraction of sp³-hybridized carbons (Fsp3) is 0.917. The zero-order chi connectivity index (χ0) is 12.6. The van der Waals surface area contributed by atoms with Crippen LogP contribution in [0.25, 0.3) is 0 Å². The van der Waals surface area contributed by atoms with Gasteiger partial charge in [-0.1, -0.05) is 0 Å². The molecule has 1 saturated heterocycles. The molecular formula is C12H24N2O2. The number of rotatable bonds is 1. The molecule has 0 radical (unpaired) electrons. The Morgan fingerprint density at radius 1 is 1.31 bits per heavy atom. The molecule has 4 nitrogen and oxygen atoms in total. The van der Waals surface area contributed by atoms with Crippen LogP contribution in [0.3, 0.4) is 0 Å². The second kappa shape index (κ2) is 4.24. The van der Waals surface area contributed by atoms with Gasteiger partial charge in [0.1, 0.15) is 5.60 Å². The van der Waals surface area contributed by atoms with Gasteiger partial charge in [-0.3, -0.25) is 0 Å². The van der Waals surface area contributed by atoms with E-state index in [0.29, 0.717) is 0 Å². The van der Waals surface area contributed by atoms with E-state index in [1.807, 2.05) is 34.6 Å². The lowest BCUT2D eigenvalue weighted by Gasteiger charge is -2.35. The average molecular weight is 228 g/mol. The van der Waals surface area contributed by atoms with E-state index in [1.165, 1.54) is 0 Å². The zero-order valence-corrected chi connectivity index (χ0v) is 11.0. The molecule has 0 spiro atoms. The van der Waals surface area contributed by atoms with Crippen LogP contribution >= 0.6 is 0 Å². The van der Waals surface area contributed by atoms with Crippen LogP contribution in [-0.2, 0) is 4.74 Å². The van der Waals surface area contributed by atoms with Crippen LogP contribution in [0.15, 0.2) is 0 Å². The number of likely N-dealkylation sites (tertiary alicyclic amines) is 1. The predicted molar refractivity (Wildman–Crippen MR) is 64.2 cm³/mol. The molecule has 1 atom stereocenters. The second-order valence-electron chi connectivity index (χ2n) is 6.15. The molecule has 94 valence electrons. The van der Waals surface area contributed by atoms with Crippen LogP contribution < -0.4 is 5.73 Å². The van der Waals surface area contributed by atoms with Gasteiger partial charge in [-0.05, 0) is 47.5 Å². The third-order valence-electron chi connectivity index (χ3n) is 2.74. The number of carbonyl (C=O) groups excluding carboxylic acids is 1. The SMILES string of the molecule is CC(C)(C)OC(=O)N1CCC[C@H]1C(C)(C)N. The molecule has 0 aliphatic carbocycles. The summed E-state index contributed by atoms with van der Waals surface area (Å²) in [6.45, 7) is 10.3. The van der Waals surface area contributed by atoms with Gasteiger partial charge in [-0.2, -0.15) is 0 Å². The lowest BCUT2D eigenvalue weighted by atomic mass is 9.94. The molecule has 1 aliphatic rings. The van der Waals surface area contributed by atoms with Gasteiger partial charge in [-0.15, -0.1) is 0 Å². The Balaban J connectivity index is 2.69. The average Bonchev–Trinajstić information content (AvgIpc) is 2.45. The number of nitrogens with two attached hydrogens (primary N) is 1. The Labute approximate surface area is 98.1 Å². The highest BCUT2D eigenvalue weighted by Crippen LogP contribution is 2.26. The first-order valence-corrected chi connectivity index (χ1v) is 5.90. The minimum Gasteiger partial charge on any atom is -0.444 e. The summed E-state index contributed by atoms with van der Waals surface area (Å²) in [6.07, 6.45) is 1.72. The van der Waals surface area contributed by atoms with Crippen molar-refractivity contribution in [3.63, 3.8) is 0 Å². The molecule has 1 fully saturated rings. The zero-order valence-electron chi connectivity index (χ0n) is 11.0. The van der Waals surface area contributed by atoms with E-state index in [0.717, 1.165) is 19.4 Å². The Hall–Kier alpha value is -0.770. The first kappa shape index (κ1) is 13.3. The Kier molecular flexibility index (Phi) is 3.53. The van der Waals surface area contributed by atoms with Gasteiger partial charge in [0, 0.05) is 12.1 Å².